The quantitative estimate of drug-likeness (QED) is 0.0386. The Morgan fingerprint density at radius 2 is 1.35 bits per heavy atom. The largest absolute Gasteiger partial charge is 0.370 e. The number of benzene rings is 2. The molecule has 25 heteroatoms. The Labute approximate surface area is 452 Å². The maximum absolute atomic E-state index is 14.8. The van der Waals surface area contributed by atoms with Gasteiger partial charge in [0.15, 0.2) is 17.7 Å². The maximum atomic E-state index is 14.8. The van der Waals surface area contributed by atoms with E-state index in [0.717, 1.165) is 16.5 Å². The lowest BCUT2D eigenvalue weighted by molar-refractivity contribution is -0.135. The average molecular weight is 1080 g/mol. The van der Waals surface area contributed by atoms with Crippen LogP contribution in [-0.2, 0) is 56.0 Å². The summed E-state index contributed by atoms with van der Waals surface area (Å²) < 4.78 is 0. The molecule has 1 aliphatic heterocycles. The molecular weight excluding hydrogens is 1010 g/mol. The minimum absolute atomic E-state index is 0.0164. The van der Waals surface area contributed by atoms with E-state index in [0.29, 0.717) is 5.56 Å². The Bertz CT molecular complexity index is 2610. The zero-order chi connectivity index (χ0) is 57.1. The molecule has 2 heterocycles. The van der Waals surface area contributed by atoms with Crippen LogP contribution in [0, 0.1) is 11.8 Å². The molecule has 0 spiro atoms. The van der Waals surface area contributed by atoms with Crippen molar-refractivity contribution in [2.24, 2.45) is 56.2 Å². The molecule has 0 radical (unpaired) electrons. The van der Waals surface area contributed by atoms with Gasteiger partial charge in [-0.25, -0.2) is 4.79 Å². The van der Waals surface area contributed by atoms with Crippen molar-refractivity contribution < 1.29 is 47.9 Å². The third-order valence-electron chi connectivity index (χ3n) is 13.3. The summed E-state index contributed by atoms with van der Waals surface area (Å²) >= 11 is 0. The van der Waals surface area contributed by atoms with Gasteiger partial charge in [-0.2, -0.15) is 0 Å². The summed E-state index contributed by atoms with van der Waals surface area (Å²) in [6.07, 6.45) is 1.55. The lowest BCUT2D eigenvalue weighted by Gasteiger charge is -2.27. The molecule has 424 valence electrons. The van der Waals surface area contributed by atoms with Gasteiger partial charge in [0, 0.05) is 81.2 Å². The molecule has 0 bridgehead atoms. The van der Waals surface area contributed by atoms with Gasteiger partial charge in [-0.3, -0.25) is 53.1 Å². The molecule has 19 N–H and O–H groups in total. The first-order valence-electron chi connectivity index (χ1n) is 26.3. The molecule has 7 atom stereocenters. The first-order valence-corrected chi connectivity index (χ1v) is 26.3. The smallest absolute Gasteiger partial charge is 0.312 e. The number of primary amides is 2. The van der Waals surface area contributed by atoms with Crippen LogP contribution in [0.4, 0.5) is 4.79 Å². The highest BCUT2D eigenvalue weighted by Crippen LogP contribution is 2.26. The number of Topliss-reactive ketones (excluding diaryl/α,β-unsaturated/α-hetero) is 3. The number of fused-ring (bicyclic) bond motifs is 1. The van der Waals surface area contributed by atoms with Crippen molar-refractivity contribution in [1.29, 1.82) is 0 Å². The van der Waals surface area contributed by atoms with Gasteiger partial charge >= 0.3 is 6.03 Å². The van der Waals surface area contributed by atoms with Crippen LogP contribution < -0.4 is 66.3 Å². The molecule has 0 unspecified atom stereocenters. The van der Waals surface area contributed by atoms with E-state index in [1.54, 1.807) is 36.5 Å². The van der Waals surface area contributed by atoms with Crippen LogP contribution in [0.1, 0.15) is 108 Å². The Balaban J connectivity index is 1.80. The Hall–Kier alpha value is -8.38. The maximum Gasteiger partial charge on any atom is 0.312 e. The van der Waals surface area contributed by atoms with E-state index in [1.165, 1.54) is 6.92 Å². The number of guanidine groups is 2. The fourth-order valence-corrected chi connectivity index (χ4v) is 9.20. The number of aromatic amines is 1. The van der Waals surface area contributed by atoms with Crippen molar-refractivity contribution in [2.75, 3.05) is 19.6 Å². The number of carbonyl (C=O) groups is 10. The first-order chi connectivity index (χ1) is 37.2. The van der Waals surface area contributed by atoms with Gasteiger partial charge in [-0.15, -0.1) is 0 Å². The topological polar surface area (TPSA) is 440 Å². The molecule has 4 rings (SSSR count). The van der Waals surface area contributed by atoms with Crippen LogP contribution in [0.25, 0.3) is 10.9 Å². The van der Waals surface area contributed by atoms with Gasteiger partial charge in [0.05, 0.1) is 6.04 Å². The lowest BCUT2D eigenvalue weighted by Crippen LogP contribution is -2.58. The van der Waals surface area contributed by atoms with E-state index in [1.807, 2.05) is 24.3 Å². The fourth-order valence-electron chi connectivity index (χ4n) is 9.20. The summed E-state index contributed by atoms with van der Waals surface area (Å²) in [4.78, 5) is 149. The number of urea groups is 1. The number of aromatic nitrogens is 1. The van der Waals surface area contributed by atoms with Gasteiger partial charge in [-0.05, 0) is 87.8 Å². The molecule has 1 aromatic heterocycles. The second-order valence-corrected chi connectivity index (χ2v) is 19.5. The second kappa shape index (κ2) is 32.3. The van der Waals surface area contributed by atoms with E-state index in [9.17, 15) is 47.9 Å². The SMILES string of the molecule is CC(=O)N[C@@H](CCCN=C(N)N)C(=O)N[C@H]1CCC(=O)CCCC[C@@H](C(N)=O)NC(=O)[C@H](Cc2c[nH]c3ccccc23)CC(=O)[C@H](CCCN=C(N)N)CC(=O)[C@@H](Cc2ccccc2)NC(=O)[C@H](CCCNC(N)=O)NC1=O. The zero-order valence-corrected chi connectivity index (χ0v) is 44.2. The summed E-state index contributed by atoms with van der Waals surface area (Å²) in [6.45, 7) is 1.41. The minimum Gasteiger partial charge on any atom is -0.370 e. The van der Waals surface area contributed by atoms with E-state index >= 15 is 0 Å². The molecule has 1 aliphatic rings. The Morgan fingerprint density at radius 3 is 2.03 bits per heavy atom. The number of ketones is 3. The number of hydrogen-bond donors (Lipinski definition) is 13. The molecule has 0 saturated carbocycles. The summed E-state index contributed by atoms with van der Waals surface area (Å²) in [5.74, 6) is -8.33. The number of nitrogens with zero attached hydrogens (tertiary/aromatic N) is 2. The van der Waals surface area contributed by atoms with Gasteiger partial charge in [0.2, 0.25) is 35.4 Å². The number of H-pyrrole nitrogens is 1. The Kier molecular flexibility index (Phi) is 25.7. The van der Waals surface area contributed by atoms with Crippen LogP contribution >= 0.6 is 0 Å². The van der Waals surface area contributed by atoms with Crippen molar-refractivity contribution in [3.05, 3.63) is 71.9 Å². The molecule has 2 aromatic carbocycles. The summed E-state index contributed by atoms with van der Waals surface area (Å²) in [5, 5.41) is 16.7. The lowest BCUT2D eigenvalue weighted by atomic mass is 9.83. The van der Waals surface area contributed by atoms with Gasteiger partial charge in [0.25, 0.3) is 0 Å². The van der Waals surface area contributed by atoms with Crippen molar-refractivity contribution in [3.63, 3.8) is 0 Å². The molecule has 25 nitrogen and oxygen atoms in total. The van der Waals surface area contributed by atoms with Gasteiger partial charge in [0.1, 0.15) is 35.7 Å². The number of nitrogens with two attached hydrogens (primary N) is 6. The van der Waals surface area contributed by atoms with Crippen LogP contribution in [0.3, 0.4) is 0 Å². The highest BCUT2D eigenvalue weighted by molar-refractivity contribution is 5.98. The number of rotatable bonds is 20. The summed E-state index contributed by atoms with van der Waals surface area (Å²) in [5.41, 5.74) is 35.4. The number of aliphatic imine (C=N–C) groups is 2. The van der Waals surface area contributed by atoms with Crippen LogP contribution in [0.5, 0.6) is 0 Å². The highest BCUT2D eigenvalue weighted by atomic mass is 16.2. The number of hydrogen-bond acceptors (Lipinski definition) is 12. The second-order valence-electron chi connectivity index (χ2n) is 19.5. The predicted molar refractivity (Wildman–Crippen MR) is 292 cm³/mol. The van der Waals surface area contributed by atoms with E-state index in [4.69, 9.17) is 34.4 Å². The fraction of sp³-hybridized carbons (Fsp3) is 0.509. The van der Waals surface area contributed by atoms with Crippen LogP contribution in [0.15, 0.2) is 70.8 Å². The molecule has 1 fully saturated rings. The third-order valence-corrected chi connectivity index (χ3v) is 13.3. The first kappa shape index (κ1) is 62.2. The number of amides is 8. The van der Waals surface area contributed by atoms with Crippen molar-refractivity contribution in [1.82, 2.24) is 36.9 Å². The normalized spacial score (nSPS) is 20.9. The van der Waals surface area contributed by atoms with E-state index in [-0.39, 0.29) is 134 Å². The van der Waals surface area contributed by atoms with Crippen LogP contribution in [-0.4, -0.2) is 126 Å². The number of para-hydroxylation sites is 1. The number of nitrogens with one attached hydrogen (secondary N) is 7. The number of carbonyl (C=O) groups excluding carboxylic acids is 10. The monoisotopic (exact) mass is 1080 g/mol. The molecular formula is C53H77N15O10. The third kappa shape index (κ3) is 22.1. The molecule has 1 saturated heterocycles. The van der Waals surface area contributed by atoms with Gasteiger partial charge < -0.3 is 71.3 Å². The molecule has 0 aliphatic carbocycles. The highest BCUT2D eigenvalue weighted by Gasteiger charge is 2.35. The van der Waals surface area contributed by atoms with Crippen LogP contribution in [0.2, 0.25) is 0 Å². The van der Waals surface area contributed by atoms with Crippen molar-refractivity contribution >= 4 is 81.6 Å². The average Bonchev–Trinajstić information content (AvgIpc) is 3.80. The standard InChI is InChI=1S/C53H77N15O10/c1-31(69)64-40(19-10-24-61-52(57)58)48(75)67-42-22-21-36(70)15-5-7-18-39(46(54)73)65-47(74)34(27-35-30-63-38-17-8-6-16-37(35)38)29-44(71)33(14-9-23-60-51(55)56)28-45(72)43(26-32-12-3-2-4-13-32)68-49(76)41(66-50(42)77)20-11-25-62-53(59)78/h2-4,6,8,12-13,16-17,30,33-34,39-43,63H,5,7,9-11,14-15,18-29H2,1H3,(H2,54,73)(H,64,69)(H,65,74)(H,66,77)(H,67,75)(H,68,76)(H4,55,56,60)(H4,57,58,61)(H3,59,62,78)/t33-,34-,39+,40+,41+,42+,43-/m1/s1. The minimum atomic E-state index is -1.46. The molecule has 8 amide bonds. The zero-order valence-electron chi connectivity index (χ0n) is 44.2. The molecule has 78 heavy (non-hydrogen) atoms. The summed E-state index contributed by atoms with van der Waals surface area (Å²) in [7, 11) is 0. The predicted octanol–water partition coefficient (Wildman–Crippen LogP) is -0.488. The van der Waals surface area contributed by atoms with Gasteiger partial charge in [-0.1, -0.05) is 55.0 Å². The van der Waals surface area contributed by atoms with Crippen molar-refractivity contribution in [3.8, 4) is 0 Å². The Morgan fingerprint density at radius 1 is 0.679 bits per heavy atom. The summed E-state index contributed by atoms with van der Waals surface area (Å²) in [6, 6.07) is 8.77. The van der Waals surface area contributed by atoms with E-state index in [2.05, 4.69) is 46.9 Å². The van der Waals surface area contributed by atoms with E-state index < -0.39 is 102 Å². The molecule has 3 aromatic rings. The van der Waals surface area contributed by atoms with Crippen molar-refractivity contribution in [2.45, 2.75) is 140 Å².